The molecule has 1 saturated heterocycles. The minimum Gasteiger partial charge on any atom is -0.304 e. The lowest BCUT2D eigenvalue weighted by Gasteiger charge is -2.31. The van der Waals surface area contributed by atoms with Crippen LogP contribution in [0.15, 0.2) is 54.6 Å². The molecule has 1 heteroatoms. The lowest BCUT2D eigenvalue weighted by Crippen LogP contribution is -2.32. The molecule has 0 radical (unpaired) electrons. The molecule has 2 aromatic rings. The van der Waals surface area contributed by atoms with Gasteiger partial charge in [0.25, 0.3) is 0 Å². The van der Waals surface area contributed by atoms with E-state index in [-0.39, 0.29) is 0 Å². The molecule has 0 bridgehead atoms. The Bertz CT molecular complexity index is 521. The molecule has 0 aromatic heterocycles. The highest BCUT2D eigenvalue weighted by atomic mass is 15.1. The zero-order chi connectivity index (χ0) is 13.8. The Morgan fingerprint density at radius 3 is 2.05 bits per heavy atom. The number of benzene rings is 2. The number of hydrogen-bond acceptors (Lipinski definition) is 1. The van der Waals surface area contributed by atoms with Crippen molar-refractivity contribution in [1.82, 2.24) is 4.90 Å². The van der Waals surface area contributed by atoms with Crippen LogP contribution in [0.2, 0.25) is 0 Å². The van der Waals surface area contributed by atoms with Gasteiger partial charge in [0.2, 0.25) is 0 Å². The molecule has 1 fully saturated rings. The summed E-state index contributed by atoms with van der Waals surface area (Å²) >= 11 is 0. The van der Waals surface area contributed by atoms with E-state index in [0.29, 0.717) is 0 Å². The molecule has 104 valence electrons. The number of piperidine rings is 1. The summed E-state index contributed by atoms with van der Waals surface area (Å²) in [4.78, 5) is 2.55. The highest BCUT2D eigenvalue weighted by molar-refractivity contribution is 5.63. The van der Waals surface area contributed by atoms with E-state index < -0.39 is 0 Å². The Morgan fingerprint density at radius 2 is 1.45 bits per heavy atom. The second-order valence-corrected chi connectivity index (χ2v) is 5.70. The molecule has 0 N–H and O–H groups in total. The van der Waals surface area contributed by atoms with Gasteiger partial charge in [-0.05, 0) is 55.1 Å². The van der Waals surface area contributed by atoms with Crippen molar-refractivity contribution in [2.45, 2.75) is 25.7 Å². The average Bonchev–Trinajstić information content (AvgIpc) is 2.56. The van der Waals surface area contributed by atoms with Gasteiger partial charge in [0.15, 0.2) is 0 Å². The van der Waals surface area contributed by atoms with Crippen molar-refractivity contribution < 1.29 is 0 Å². The Morgan fingerprint density at radius 1 is 0.850 bits per heavy atom. The molecule has 0 amide bonds. The summed E-state index contributed by atoms with van der Waals surface area (Å²) < 4.78 is 0. The first-order chi connectivity index (χ1) is 9.86. The van der Waals surface area contributed by atoms with Crippen molar-refractivity contribution in [2.24, 2.45) is 0 Å². The quantitative estimate of drug-likeness (QED) is 0.786. The van der Waals surface area contributed by atoms with Crippen molar-refractivity contribution in [3.8, 4) is 11.1 Å². The summed E-state index contributed by atoms with van der Waals surface area (Å²) in [6, 6.07) is 19.8. The smallest absolute Gasteiger partial charge is 0.00130 e. The number of likely N-dealkylation sites (tertiary alicyclic amines) is 1. The van der Waals surface area contributed by atoms with Crippen LogP contribution in [0.4, 0.5) is 0 Å². The maximum atomic E-state index is 2.55. The van der Waals surface area contributed by atoms with Crippen molar-refractivity contribution in [1.29, 1.82) is 0 Å². The largest absolute Gasteiger partial charge is 0.304 e. The molecule has 20 heavy (non-hydrogen) atoms. The fourth-order valence-electron chi connectivity index (χ4n) is 3.16. The van der Waals surface area contributed by atoms with Crippen LogP contribution in [-0.4, -0.2) is 24.5 Å². The maximum Gasteiger partial charge on any atom is -0.00130 e. The average molecular weight is 265 g/mol. The molecule has 3 rings (SSSR count). The van der Waals surface area contributed by atoms with Crippen LogP contribution in [0.1, 0.15) is 31.2 Å². The van der Waals surface area contributed by atoms with Crippen LogP contribution in [0.5, 0.6) is 0 Å². The molecule has 1 nitrogen and oxygen atoms in total. The zero-order valence-electron chi connectivity index (χ0n) is 12.3. The third kappa shape index (κ3) is 2.94. The predicted molar refractivity (Wildman–Crippen MR) is 86.0 cm³/mol. The summed E-state index contributed by atoms with van der Waals surface area (Å²) in [5.41, 5.74) is 4.14. The van der Waals surface area contributed by atoms with Crippen LogP contribution in [-0.2, 0) is 0 Å². The topological polar surface area (TPSA) is 3.24 Å². The molecule has 0 atom stereocenters. The molecule has 1 aliphatic heterocycles. The Balaban J connectivity index is 1.71. The van der Waals surface area contributed by atoms with E-state index in [4.69, 9.17) is 0 Å². The van der Waals surface area contributed by atoms with Crippen molar-refractivity contribution in [2.75, 3.05) is 19.6 Å². The van der Waals surface area contributed by atoms with Gasteiger partial charge in [-0.3, -0.25) is 0 Å². The van der Waals surface area contributed by atoms with Gasteiger partial charge in [0, 0.05) is 0 Å². The molecule has 1 heterocycles. The predicted octanol–water partition coefficient (Wildman–Crippen LogP) is 4.55. The first-order valence-corrected chi connectivity index (χ1v) is 7.74. The van der Waals surface area contributed by atoms with Gasteiger partial charge in [-0.15, -0.1) is 0 Å². The van der Waals surface area contributed by atoms with Gasteiger partial charge < -0.3 is 4.90 Å². The minimum absolute atomic E-state index is 0.752. The van der Waals surface area contributed by atoms with E-state index in [0.717, 1.165) is 5.92 Å². The highest BCUT2D eigenvalue weighted by Gasteiger charge is 2.19. The molecular formula is C19H23N. The van der Waals surface area contributed by atoms with E-state index >= 15 is 0 Å². The maximum absolute atomic E-state index is 2.55. The monoisotopic (exact) mass is 265 g/mol. The first-order valence-electron chi connectivity index (χ1n) is 7.74. The van der Waals surface area contributed by atoms with E-state index in [2.05, 4.69) is 66.4 Å². The van der Waals surface area contributed by atoms with Crippen molar-refractivity contribution >= 4 is 0 Å². The molecule has 0 saturated carbocycles. The van der Waals surface area contributed by atoms with Crippen molar-refractivity contribution in [3.63, 3.8) is 0 Å². The summed E-state index contributed by atoms with van der Waals surface area (Å²) in [6.45, 7) is 5.96. The normalized spacial score (nSPS) is 17.2. The molecule has 2 aromatic carbocycles. The molecule has 0 aliphatic carbocycles. The second-order valence-electron chi connectivity index (χ2n) is 5.70. The summed E-state index contributed by atoms with van der Waals surface area (Å²) in [6.07, 6.45) is 2.61. The van der Waals surface area contributed by atoms with Gasteiger partial charge in [0.05, 0.1) is 0 Å². The van der Waals surface area contributed by atoms with Gasteiger partial charge in [-0.2, -0.15) is 0 Å². The fraction of sp³-hybridized carbons (Fsp3) is 0.368. The van der Waals surface area contributed by atoms with Gasteiger partial charge >= 0.3 is 0 Å². The van der Waals surface area contributed by atoms with Crippen LogP contribution >= 0.6 is 0 Å². The SMILES string of the molecule is CCN1CCC(c2ccc(-c3ccccc3)cc2)CC1. The number of rotatable bonds is 3. The third-order valence-corrected chi connectivity index (χ3v) is 4.52. The Kier molecular flexibility index (Phi) is 4.17. The number of hydrogen-bond donors (Lipinski definition) is 0. The Labute approximate surface area is 122 Å². The van der Waals surface area contributed by atoms with Gasteiger partial charge in [0.1, 0.15) is 0 Å². The summed E-state index contributed by atoms with van der Waals surface area (Å²) in [5.74, 6) is 0.752. The van der Waals surface area contributed by atoms with Crippen LogP contribution in [0.25, 0.3) is 11.1 Å². The van der Waals surface area contributed by atoms with Crippen LogP contribution < -0.4 is 0 Å². The van der Waals surface area contributed by atoms with Crippen LogP contribution in [0.3, 0.4) is 0 Å². The second kappa shape index (κ2) is 6.23. The van der Waals surface area contributed by atoms with Gasteiger partial charge in [-0.1, -0.05) is 61.5 Å². The molecule has 1 aliphatic rings. The lowest BCUT2D eigenvalue weighted by atomic mass is 9.88. The highest BCUT2D eigenvalue weighted by Crippen LogP contribution is 2.29. The standard InChI is InChI=1S/C19H23N/c1-2-20-14-12-19(13-15-20)18-10-8-17(9-11-18)16-6-4-3-5-7-16/h3-11,19H,2,12-15H2,1H3. The molecule has 0 spiro atoms. The van der Waals surface area contributed by atoms with Crippen LogP contribution in [0, 0.1) is 0 Å². The minimum atomic E-state index is 0.752. The third-order valence-electron chi connectivity index (χ3n) is 4.52. The van der Waals surface area contributed by atoms with E-state index in [9.17, 15) is 0 Å². The van der Waals surface area contributed by atoms with Crippen molar-refractivity contribution in [3.05, 3.63) is 60.2 Å². The fourth-order valence-corrected chi connectivity index (χ4v) is 3.16. The molecule has 0 unspecified atom stereocenters. The lowest BCUT2D eigenvalue weighted by molar-refractivity contribution is 0.222. The Hall–Kier alpha value is -1.60. The van der Waals surface area contributed by atoms with E-state index in [1.54, 1.807) is 0 Å². The zero-order valence-corrected chi connectivity index (χ0v) is 12.3. The summed E-state index contributed by atoms with van der Waals surface area (Å²) in [5, 5.41) is 0. The summed E-state index contributed by atoms with van der Waals surface area (Å²) in [7, 11) is 0. The van der Waals surface area contributed by atoms with E-state index in [1.807, 2.05) is 0 Å². The van der Waals surface area contributed by atoms with E-state index in [1.165, 1.54) is 49.2 Å². The van der Waals surface area contributed by atoms with Gasteiger partial charge in [-0.25, -0.2) is 0 Å². The number of nitrogens with zero attached hydrogens (tertiary/aromatic N) is 1. The first kappa shape index (κ1) is 13.4. The molecular weight excluding hydrogens is 242 g/mol.